The Kier molecular flexibility index (Phi) is 9.33. The molecule has 0 aromatic heterocycles. The van der Waals surface area contributed by atoms with Crippen LogP contribution in [-0.2, 0) is 14.3 Å². The first-order valence-electron chi connectivity index (χ1n) is 7.23. The van der Waals surface area contributed by atoms with Crippen LogP contribution in [0.2, 0.25) is 0 Å². The molecule has 0 spiro atoms. The quantitative estimate of drug-likeness (QED) is 0.574. The van der Waals surface area contributed by atoms with Crippen LogP contribution < -0.4 is 0 Å². The van der Waals surface area contributed by atoms with Gasteiger partial charge in [0.05, 0.1) is 12.0 Å². The monoisotopic (exact) mass is 310 g/mol. The van der Waals surface area contributed by atoms with Crippen LogP contribution in [0.15, 0.2) is 12.2 Å². The number of alkyl halides is 3. The summed E-state index contributed by atoms with van der Waals surface area (Å²) in [5.74, 6) is -1.98. The second-order valence-electron chi connectivity index (χ2n) is 5.13. The molecule has 1 rings (SSSR count). The molecular formula is C15H25F3O3. The van der Waals surface area contributed by atoms with E-state index in [0.29, 0.717) is 0 Å². The fourth-order valence-corrected chi connectivity index (χ4v) is 1.59. The lowest BCUT2D eigenvalue weighted by Crippen LogP contribution is -2.37. The van der Waals surface area contributed by atoms with Gasteiger partial charge in [0.25, 0.3) is 0 Å². The van der Waals surface area contributed by atoms with Gasteiger partial charge in [0.2, 0.25) is 0 Å². The molecular weight excluding hydrogens is 285 g/mol. The molecule has 0 aliphatic carbocycles. The molecule has 0 aromatic rings. The minimum absolute atomic E-state index is 0.0333. The molecule has 6 heteroatoms. The molecule has 0 saturated carbocycles. The fraction of sp³-hybridized carbons (Fsp3) is 0.800. The lowest BCUT2D eigenvalue weighted by molar-refractivity contribution is -0.205. The third kappa shape index (κ3) is 8.75. The Morgan fingerprint density at radius 1 is 1.33 bits per heavy atom. The van der Waals surface area contributed by atoms with Crippen molar-refractivity contribution >= 4 is 5.97 Å². The van der Waals surface area contributed by atoms with Crippen LogP contribution in [0, 0.1) is 5.92 Å². The van der Waals surface area contributed by atoms with Crippen LogP contribution in [0.4, 0.5) is 13.2 Å². The zero-order chi connectivity index (χ0) is 16.5. The number of hydrogen-bond acceptors (Lipinski definition) is 3. The summed E-state index contributed by atoms with van der Waals surface area (Å²) in [5.41, 5.74) is 0.216. The van der Waals surface area contributed by atoms with E-state index in [2.05, 4.69) is 20.4 Å². The highest BCUT2D eigenvalue weighted by atomic mass is 19.4. The Hall–Kier alpha value is -1.04. The summed E-state index contributed by atoms with van der Waals surface area (Å²) in [6, 6.07) is 0. The van der Waals surface area contributed by atoms with Gasteiger partial charge in [0.1, 0.15) is 6.61 Å². The topological polar surface area (TPSA) is 35.5 Å². The highest BCUT2D eigenvalue weighted by molar-refractivity contribution is 5.86. The van der Waals surface area contributed by atoms with Crippen LogP contribution >= 0.6 is 0 Å². The van der Waals surface area contributed by atoms with E-state index in [9.17, 15) is 18.0 Å². The van der Waals surface area contributed by atoms with Crippen LogP contribution in [0.25, 0.3) is 0 Å². The van der Waals surface area contributed by atoms with Crippen molar-refractivity contribution in [3.8, 4) is 0 Å². The molecule has 1 aliphatic rings. The third-order valence-corrected chi connectivity index (χ3v) is 3.08. The molecule has 0 radical (unpaired) electrons. The molecule has 0 N–H and O–H groups in total. The average molecular weight is 310 g/mol. The Morgan fingerprint density at radius 2 is 1.90 bits per heavy atom. The van der Waals surface area contributed by atoms with Crippen molar-refractivity contribution in [1.82, 2.24) is 0 Å². The second kappa shape index (κ2) is 9.82. The van der Waals surface area contributed by atoms with Gasteiger partial charge in [-0.3, -0.25) is 0 Å². The van der Waals surface area contributed by atoms with Gasteiger partial charge in [-0.2, -0.15) is 13.2 Å². The summed E-state index contributed by atoms with van der Waals surface area (Å²) in [4.78, 5) is 11.1. The van der Waals surface area contributed by atoms with Crippen molar-refractivity contribution in [3.05, 3.63) is 12.2 Å². The van der Waals surface area contributed by atoms with Crippen LogP contribution in [-0.4, -0.2) is 31.5 Å². The minimum atomic E-state index is -4.21. The summed E-state index contributed by atoms with van der Waals surface area (Å²) in [5, 5.41) is 0. The lowest BCUT2D eigenvalue weighted by Gasteiger charge is -2.30. The number of esters is 1. The van der Waals surface area contributed by atoms with Crippen molar-refractivity contribution < 1.29 is 27.4 Å². The van der Waals surface area contributed by atoms with Crippen molar-refractivity contribution in [1.29, 1.82) is 0 Å². The normalized spacial score (nSPS) is 22.0. The maximum absolute atomic E-state index is 12.5. The standard InChI is InChI=1S/C11H15F3O3.C4H10/c1-7(2)10(15)17-6-9-5-8(3-4-16-9)11(12,13)14;1-3-4-2/h8-9H,1,3-6H2,2H3;3-4H2,1-2H3. The first-order chi connectivity index (χ1) is 9.72. The number of rotatable bonds is 4. The van der Waals surface area contributed by atoms with Crippen molar-refractivity contribution in [3.63, 3.8) is 0 Å². The van der Waals surface area contributed by atoms with Crippen LogP contribution in [0.5, 0.6) is 0 Å². The summed E-state index contributed by atoms with van der Waals surface area (Å²) < 4.78 is 47.3. The van der Waals surface area contributed by atoms with Gasteiger partial charge < -0.3 is 9.47 Å². The van der Waals surface area contributed by atoms with E-state index in [1.807, 2.05) is 0 Å². The Morgan fingerprint density at radius 3 is 2.33 bits per heavy atom. The molecule has 1 saturated heterocycles. The maximum atomic E-state index is 12.5. The smallest absolute Gasteiger partial charge is 0.392 e. The first kappa shape index (κ1) is 20.0. The Labute approximate surface area is 124 Å². The fourth-order valence-electron chi connectivity index (χ4n) is 1.59. The number of hydrogen-bond donors (Lipinski definition) is 0. The van der Waals surface area contributed by atoms with Gasteiger partial charge in [-0.25, -0.2) is 4.79 Å². The van der Waals surface area contributed by atoms with Crippen molar-refractivity contribution in [2.75, 3.05) is 13.2 Å². The van der Waals surface area contributed by atoms with E-state index in [1.54, 1.807) is 0 Å². The predicted molar refractivity (Wildman–Crippen MR) is 74.9 cm³/mol. The summed E-state index contributed by atoms with van der Waals surface area (Å²) in [6.45, 7) is 9.10. The zero-order valence-corrected chi connectivity index (χ0v) is 13.0. The summed E-state index contributed by atoms with van der Waals surface area (Å²) in [7, 11) is 0. The van der Waals surface area contributed by atoms with Gasteiger partial charge in [-0.15, -0.1) is 0 Å². The molecule has 1 aliphatic heterocycles. The van der Waals surface area contributed by atoms with E-state index in [4.69, 9.17) is 9.47 Å². The molecule has 2 atom stereocenters. The van der Waals surface area contributed by atoms with Crippen LogP contribution in [0.3, 0.4) is 0 Å². The minimum Gasteiger partial charge on any atom is -0.460 e. The summed E-state index contributed by atoms with van der Waals surface area (Å²) >= 11 is 0. The second-order valence-corrected chi connectivity index (χ2v) is 5.13. The SMILES string of the molecule is C=C(C)C(=O)OCC1CC(C(F)(F)F)CCO1.CCCC. The summed E-state index contributed by atoms with van der Waals surface area (Å²) in [6.07, 6.45) is -2.44. The third-order valence-electron chi connectivity index (χ3n) is 3.08. The first-order valence-corrected chi connectivity index (χ1v) is 7.23. The molecule has 0 amide bonds. The maximum Gasteiger partial charge on any atom is 0.392 e. The zero-order valence-electron chi connectivity index (χ0n) is 13.0. The highest BCUT2D eigenvalue weighted by Crippen LogP contribution is 2.35. The van der Waals surface area contributed by atoms with E-state index < -0.39 is 24.2 Å². The molecule has 21 heavy (non-hydrogen) atoms. The van der Waals surface area contributed by atoms with Crippen molar-refractivity contribution in [2.24, 2.45) is 5.92 Å². The van der Waals surface area contributed by atoms with Gasteiger partial charge in [-0.05, 0) is 19.8 Å². The molecule has 1 fully saturated rings. The number of carbonyl (C=O) groups excluding carboxylic acids is 1. The molecule has 3 nitrogen and oxygen atoms in total. The lowest BCUT2D eigenvalue weighted by atomic mass is 9.95. The van der Waals surface area contributed by atoms with E-state index in [0.717, 1.165) is 0 Å². The highest BCUT2D eigenvalue weighted by Gasteiger charge is 2.42. The molecule has 124 valence electrons. The molecule has 0 bridgehead atoms. The molecule has 1 heterocycles. The van der Waals surface area contributed by atoms with E-state index in [1.165, 1.54) is 19.8 Å². The molecule has 2 unspecified atom stereocenters. The van der Waals surface area contributed by atoms with Gasteiger partial charge in [0.15, 0.2) is 0 Å². The average Bonchev–Trinajstić information content (AvgIpc) is 2.44. The molecule has 0 aromatic carbocycles. The number of unbranched alkanes of at least 4 members (excludes halogenated alkanes) is 1. The number of halogens is 3. The van der Waals surface area contributed by atoms with Crippen LogP contribution in [0.1, 0.15) is 46.5 Å². The number of carbonyl (C=O) groups is 1. The Bertz CT molecular complexity index is 325. The predicted octanol–water partition coefficient (Wildman–Crippen LogP) is 4.27. The van der Waals surface area contributed by atoms with Crippen molar-refractivity contribution in [2.45, 2.75) is 58.7 Å². The number of ether oxygens (including phenoxy) is 2. The van der Waals surface area contributed by atoms with Gasteiger partial charge in [0, 0.05) is 12.2 Å². The Balaban J connectivity index is 0.000000885. The van der Waals surface area contributed by atoms with E-state index >= 15 is 0 Å². The largest absolute Gasteiger partial charge is 0.460 e. The van der Waals surface area contributed by atoms with E-state index in [-0.39, 0.29) is 31.6 Å². The van der Waals surface area contributed by atoms with Gasteiger partial charge in [-0.1, -0.05) is 33.3 Å². The van der Waals surface area contributed by atoms with Gasteiger partial charge >= 0.3 is 12.1 Å².